The number of nitrogens with one attached hydrogen (secondary N) is 3. The number of amides is 1. The van der Waals surface area contributed by atoms with Crippen LogP contribution in [0.2, 0.25) is 0 Å². The summed E-state index contributed by atoms with van der Waals surface area (Å²) >= 11 is 0. The first-order valence-electron chi connectivity index (χ1n) is 5.70. The zero-order valence-electron chi connectivity index (χ0n) is 9.51. The number of nitrogens with zero attached hydrogens (tertiary/aromatic N) is 3. The minimum absolute atomic E-state index is 0.0718. The van der Waals surface area contributed by atoms with E-state index in [4.69, 9.17) is 0 Å². The molecular weight excluding hydrogens is 236 g/mol. The minimum Gasteiger partial charge on any atom is -0.364 e. The molecule has 2 aromatic heterocycles. The van der Waals surface area contributed by atoms with Crippen LogP contribution in [0.5, 0.6) is 0 Å². The van der Waals surface area contributed by atoms with Gasteiger partial charge in [0.05, 0.1) is 0 Å². The Morgan fingerprint density at radius 2 is 2.28 bits per heavy atom. The summed E-state index contributed by atoms with van der Waals surface area (Å²) in [5, 5.41) is 16.2. The van der Waals surface area contributed by atoms with Crippen LogP contribution in [0.3, 0.4) is 0 Å². The predicted octanol–water partition coefficient (Wildman–Crippen LogP) is -0.892. The molecule has 0 radical (unpaired) electrons. The molecule has 3 N–H and O–H groups in total. The number of carbonyl (C=O) groups excluding carboxylic acids is 1. The van der Waals surface area contributed by atoms with Gasteiger partial charge >= 0.3 is 5.69 Å². The van der Waals surface area contributed by atoms with Crippen molar-refractivity contribution in [2.45, 2.75) is 18.9 Å². The second-order valence-corrected chi connectivity index (χ2v) is 4.20. The maximum atomic E-state index is 11.4. The predicted molar refractivity (Wildman–Crippen MR) is 63.3 cm³/mol. The lowest BCUT2D eigenvalue weighted by molar-refractivity contribution is -0.122. The van der Waals surface area contributed by atoms with E-state index in [0.29, 0.717) is 24.4 Å². The van der Waals surface area contributed by atoms with Crippen LogP contribution in [0, 0.1) is 0 Å². The summed E-state index contributed by atoms with van der Waals surface area (Å²) in [5.41, 5.74) is 0.105. The van der Waals surface area contributed by atoms with E-state index in [1.807, 2.05) is 0 Å². The van der Waals surface area contributed by atoms with E-state index in [0.717, 1.165) is 6.42 Å². The van der Waals surface area contributed by atoms with Crippen molar-refractivity contribution < 1.29 is 4.79 Å². The van der Waals surface area contributed by atoms with E-state index < -0.39 is 0 Å². The first-order valence-corrected chi connectivity index (χ1v) is 5.70. The van der Waals surface area contributed by atoms with E-state index >= 15 is 0 Å². The molecule has 1 aliphatic rings. The maximum Gasteiger partial charge on any atom is 0.364 e. The third-order valence-electron chi connectivity index (χ3n) is 2.89. The van der Waals surface area contributed by atoms with Crippen molar-refractivity contribution in [3.8, 4) is 0 Å². The molecule has 18 heavy (non-hydrogen) atoms. The number of fused-ring (bicyclic) bond motifs is 1. The molecule has 2 aromatic rings. The van der Waals surface area contributed by atoms with Gasteiger partial charge in [-0.3, -0.25) is 4.79 Å². The Morgan fingerprint density at radius 3 is 3.06 bits per heavy atom. The number of piperidine rings is 1. The van der Waals surface area contributed by atoms with Gasteiger partial charge in [0.2, 0.25) is 5.91 Å². The molecule has 0 aromatic carbocycles. The first kappa shape index (κ1) is 10.8. The van der Waals surface area contributed by atoms with Gasteiger partial charge in [0.15, 0.2) is 5.65 Å². The normalized spacial score (nSPS) is 19.8. The second kappa shape index (κ2) is 4.13. The number of aromatic nitrogens is 4. The number of hydrogen-bond donors (Lipinski definition) is 3. The second-order valence-electron chi connectivity index (χ2n) is 4.20. The van der Waals surface area contributed by atoms with Gasteiger partial charge in [0.1, 0.15) is 5.82 Å². The van der Waals surface area contributed by atoms with E-state index in [1.165, 1.54) is 4.52 Å². The van der Waals surface area contributed by atoms with Crippen LogP contribution in [0.15, 0.2) is 16.9 Å². The number of anilines is 1. The summed E-state index contributed by atoms with van der Waals surface area (Å²) in [7, 11) is 0. The molecule has 1 saturated heterocycles. The maximum absolute atomic E-state index is 11.4. The van der Waals surface area contributed by atoms with Gasteiger partial charge in [-0.2, -0.15) is 9.61 Å². The highest BCUT2D eigenvalue weighted by Crippen LogP contribution is 2.10. The van der Waals surface area contributed by atoms with Crippen LogP contribution in [0.4, 0.5) is 5.82 Å². The molecule has 8 nitrogen and oxygen atoms in total. The van der Waals surface area contributed by atoms with Crippen molar-refractivity contribution in [2.24, 2.45) is 0 Å². The summed E-state index contributed by atoms with van der Waals surface area (Å²) in [6, 6.07) is 3.59. The highest BCUT2D eigenvalue weighted by Gasteiger charge is 2.18. The highest BCUT2D eigenvalue weighted by molar-refractivity contribution is 5.76. The number of H-pyrrole nitrogens is 1. The Bertz CT molecular complexity index is 635. The van der Waals surface area contributed by atoms with Crippen LogP contribution in [-0.4, -0.2) is 38.3 Å². The number of rotatable bonds is 2. The van der Waals surface area contributed by atoms with Crippen molar-refractivity contribution in [1.82, 2.24) is 25.1 Å². The van der Waals surface area contributed by atoms with E-state index in [-0.39, 0.29) is 17.6 Å². The summed E-state index contributed by atoms with van der Waals surface area (Å²) in [6.07, 6.45) is 1.26. The number of carbonyl (C=O) groups is 1. The zero-order valence-corrected chi connectivity index (χ0v) is 9.51. The van der Waals surface area contributed by atoms with Crippen LogP contribution >= 0.6 is 0 Å². The van der Waals surface area contributed by atoms with E-state index in [1.54, 1.807) is 12.1 Å². The molecule has 0 aliphatic carbocycles. The van der Waals surface area contributed by atoms with E-state index in [2.05, 4.69) is 25.9 Å². The van der Waals surface area contributed by atoms with Crippen molar-refractivity contribution in [3.05, 3.63) is 22.6 Å². The standard InChI is InChI=1S/C10H12N6O2/c17-9-4-1-6(5-11-9)12-7-2-3-8-13-14-10(18)16(8)15-7/h2-3,6H,1,4-5H2,(H,11,17)(H,12,15)(H,14,18). The molecule has 3 rings (SSSR count). The minimum atomic E-state index is -0.370. The van der Waals surface area contributed by atoms with Gasteiger partial charge in [-0.05, 0) is 18.6 Å². The average molecular weight is 248 g/mol. The number of hydrogen-bond acceptors (Lipinski definition) is 5. The first-order chi connectivity index (χ1) is 8.72. The number of aromatic amines is 1. The van der Waals surface area contributed by atoms with Gasteiger partial charge in [0, 0.05) is 19.0 Å². The van der Waals surface area contributed by atoms with Crippen molar-refractivity contribution in [1.29, 1.82) is 0 Å². The molecular formula is C10H12N6O2. The van der Waals surface area contributed by atoms with Crippen molar-refractivity contribution >= 4 is 17.4 Å². The van der Waals surface area contributed by atoms with Crippen LogP contribution < -0.4 is 16.3 Å². The molecule has 1 amide bonds. The quantitative estimate of drug-likeness (QED) is 0.639. The Labute approximate surface area is 101 Å². The molecule has 94 valence electrons. The fourth-order valence-electron chi connectivity index (χ4n) is 1.95. The fourth-order valence-corrected chi connectivity index (χ4v) is 1.95. The molecule has 0 saturated carbocycles. The fraction of sp³-hybridized carbons (Fsp3) is 0.400. The van der Waals surface area contributed by atoms with Gasteiger partial charge in [0.25, 0.3) is 0 Å². The zero-order chi connectivity index (χ0) is 12.5. The molecule has 3 heterocycles. The van der Waals surface area contributed by atoms with Gasteiger partial charge in [-0.1, -0.05) is 0 Å². The molecule has 0 spiro atoms. The Balaban J connectivity index is 1.80. The molecule has 1 aliphatic heterocycles. The lowest BCUT2D eigenvalue weighted by Gasteiger charge is -2.23. The Morgan fingerprint density at radius 1 is 1.39 bits per heavy atom. The van der Waals surface area contributed by atoms with E-state index in [9.17, 15) is 9.59 Å². The highest BCUT2D eigenvalue weighted by atomic mass is 16.2. The third kappa shape index (κ3) is 1.92. The topological polar surface area (TPSA) is 104 Å². The van der Waals surface area contributed by atoms with Crippen molar-refractivity contribution in [3.63, 3.8) is 0 Å². The summed E-state index contributed by atoms with van der Waals surface area (Å²) in [5.74, 6) is 0.662. The summed E-state index contributed by atoms with van der Waals surface area (Å²) in [6.45, 7) is 0.568. The third-order valence-corrected chi connectivity index (χ3v) is 2.89. The average Bonchev–Trinajstić information content (AvgIpc) is 2.74. The van der Waals surface area contributed by atoms with Crippen LogP contribution in [-0.2, 0) is 4.79 Å². The molecule has 8 heteroatoms. The van der Waals surface area contributed by atoms with Crippen LogP contribution in [0.25, 0.3) is 5.65 Å². The smallest absolute Gasteiger partial charge is 0.364 e. The van der Waals surface area contributed by atoms with Gasteiger partial charge in [-0.15, -0.1) is 5.10 Å². The lowest BCUT2D eigenvalue weighted by Crippen LogP contribution is -2.42. The molecule has 1 atom stereocenters. The largest absolute Gasteiger partial charge is 0.364 e. The van der Waals surface area contributed by atoms with Crippen LogP contribution in [0.1, 0.15) is 12.8 Å². The van der Waals surface area contributed by atoms with Crippen molar-refractivity contribution in [2.75, 3.05) is 11.9 Å². The lowest BCUT2D eigenvalue weighted by atomic mass is 10.1. The molecule has 1 unspecified atom stereocenters. The summed E-state index contributed by atoms with van der Waals surface area (Å²) < 4.78 is 1.20. The SMILES string of the molecule is O=C1CCC(Nc2ccc3n[nH]c(=O)n3n2)CN1. The molecule has 1 fully saturated rings. The molecule has 0 bridgehead atoms. The Kier molecular flexibility index (Phi) is 2.47. The summed E-state index contributed by atoms with van der Waals surface area (Å²) in [4.78, 5) is 22.4. The van der Waals surface area contributed by atoms with Gasteiger partial charge < -0.3 is 10.6 Å². The Hall–Kier alpha value is -2.38. The monoisotopic (exact) mass is 248 g/mol. The van der Waals surface area contributed by atoms with Gasteiger partial charge in [-0.25, -0.2) is 9.89 Å².